The van der Waals surface area contributed by atoms with E-state index >= 15 is 0 Å². The van der Waals surface area contributed by atoms with Gasteiger partial charge in [-0.25, -0.2) is 0 Å². The van der Waals surface area contributed by atoms with E-state index in [1.807, 2.05) is 11.7 Å². The largest absolute Gasteiger partial charge is 0.374 e. The zero-order valence-corrected chi connectivity index (χ0v) is 12.0. The van der Waals surface area contributed by atoms with Crippen molar-refractivity contribution in [1.82, 2.24) is 4.98 Å². The highest BCUT2D eigenvalue weighted by Gasteiger charge is 2.37. The molecule has 0 aliphatic heterocycles. The number of hydrogen-bond donors (Lipinski definition) is 1. The number of ether oxygens (including phenoxy) is 1. The molecule has 1 aromatic rings. The molecule has 0 radical (unpaired) electrons. The highest BCUT2D eigenvalue weighted by atomic mass is 32.1. The number of aromatic nitrogens is 1. The van der Waals surface area contributed by atoms with Crippen molar-refractivity contribution in [3.05, 3.63) is 16.6 Å². The smallest absolute Gasteiger partial charge is 0.0836 e. The van der Waals surface area contributed by atoms with Gasteiger partial charge in [-0.2, -0.15) is 0 Å². The lowest BCUT2D eigenvalue weighted by atomic mass is 9.84. The Hall–Kier alpha value is -0.450. The summed E-state index contributed by atoms with van der Waals surface area (Å²) < 4.78 is 6.12. The minimum Gasteiger partial charge on any atom is -0.374 e. The van der Waals surface area contributed by atoms with Crippen molar-refractivity contribution in [2.45, 2.75) is 63.5 Å². The lowest BCUT2D eigenvalue weighted by molar-refractivity contribution is -0.0682. The predicted molar refractivity (Wildman–Crippen MR) is 75.9 cm³/mol. The average molecular weight is 268 g/mol. The molecule has 1 heterocycles. The monoisotopic (exact) mass is 268 g/mol. The van der Waals surface area contributed by atoms with Gasteiger partial charge in [-0.15, -0.1) is 11.3 Å². The summed E-state index contributed by atoms with van der Waals surface area (Å²) in [6.45, 7) is 2.84. The summed E-state index contributed by atoms with van der Waals surface area (Å²) in [7, 11) is 0. The van der Waals surface area contributed by atoms with Crippen LogP contribution in [-0.4, -0.2) is 23.2 Å². The molecule has 2 rings (SSSR count). The van der Waals surface area contributed by atoms with E-state index in [-0.39, 0.29) is 11.6 Å². The van der Waals surface area contributed by atoms with E-state index in [4.69, 9.17) is 10.5 Å². The summed E-state index contributed by atoms with van der Waals surface area (Å²) in [5, 5.41) is 0. The summed E-state index contributed by atoms with van der Waals surface area (Å²) in [6, 6.07) is 0.0935. The van der Waals surface area contributed by atoms with Crippen molar-refractivity contribution in [2.75, 3.05) is 6.61 Å². The second kappa shape index (κ2) is 6.64. The van der Waals surface area contributed by atoms with Gasteiger partial charge in [-0.1, -0.05) is 25.7 Å². The summed E-state index contributed by atoms with van der Waals surface area (Å²) in [5.74, 6) is 0. The fourth-order valence-electron chi connectivity index (χ4n) is 2.98. The van der Waals surface area contributed by atoms with Crippen LogP contribution in [0.15, 0.2) is 11.7 Å². The minimum atomic E-state index is -0.102. The molecule has 1 aromatic heterocycles. The molecular formula is C14H24N2OS. The van der Waals surface area contributed by atoms with Gasteiger partial charge in [0.15, 0.2) is 0 Å². The summed E-state index contributed by atoms with van der Waals surface area (Å²) in [5.41, 5.74) is 8.26. The van der Waals surface area contributed by atoms with E-state index < -0.39 is 0 Å². The molecule has 1 unspecified atom stereocenters. The zero-order valence-electron chi connectivity index (χ0n) is 11.2. The third-order valence-electron chi connectivity index (χ3n) is 3.96. The molecule has 102 valence electrons. The Bertz CT molecular complexity index is 332. The van der Waals surface area contributed by atoms with E-state index in [1.54, 1.807) is 11.3 Å². The number of nitrogens with zero attached hydrogens (tertiary/aromatic N) is 1. The SMILES string of the molecule is CCOC1(C(N)Cc2cncs2)CCCCCC1. The predicted octanol–water partition coefficient (Wildman–Crippen LogP) is 3.14. The van der Waals surface area contributed by atoms with Crippen LogP contribution in [0.1, 0.15) is 50.3 Å². The average Bonchev–Trinajstić information content (AvgIpc) is 2.74. The molecule has 1 atom stereocenters. The first-order valence-electron chi connectivity index (χ1n) is 7.04. The van der Waals surface area contributed by atoms with Crippen LogP contribution in [-0.2, 0) is 11.2 Å². The van der Waals surface area contributed by atoms with Gasteiger partial charge < -0.3 is 10.5 Å². The Morgan fingerprint density at radius 3 is 2.67 bits per heavy atom. The van der Waals surface area contributed by atoms with Crippen LogP contribution in [0.2, 0.25) is 0 Å². The maximum atomic E-state index is 6.48. The van der Waals surface area contributed by atoms with Crippen LogP contribution in [0.5, 0.6) is 0 Å². The second-order valence-corrected chi connectivity index (χ2v) is 6.16. The van der Waals surface area contributed by atoms with E-state index in [1.165, 1.54) is 30.6 Å². The molecule has 18 heavy (non-hydrogen) atoms. The molecule has 0 bridgehead atoms. The third kappa shape index (κ3) is 3.31. The normalized spacial score (nSPS) is 21.4. The Morgan fingerprint density at radius 1 is 1.39 bits per heavy atom. The van der Waals surface area contributed by atoms with Crippen LogP contribution in [0.4, 0.5) is 0 Å². The van der Waals surface area contributed by atoms with Gasteiger partial charge in [-0.3, -0.25) is 4.98 Å². The van der Waals surface area contributed by atoms with Crippen molar-refractivity contribution in [2.24, 2.45) is 5.73 Å². The number of rotatable bonds is 5. The molecular weight excluding hydrogens is 244 g/mol. The quantitative estimate of drug-likeness (QED) is 0.835. The highest BCUT2D eigenvalue weighted by molar-refractivity contribution is 7.09. The Labute approximate surface area is 114 Å². The van der Waals surface area contributed by atoms with E-state index in [9.17, 15) is 0 Å². The van der Waals surface area contributed by atoms with E-state index in [2.05, 4.69) is 11.9 Å². The molecule has 3 nitrogen and oxygen atoms in total. The van der Waals surface area contributed by atoms with E-state index in [0.717, 1.165) is 25.9 Å². The molecule has 1 aliphatic rings. The van der Waals surface area contributed by atoms with Crippen molar-refractivity contribution < 1.29 is 4.74 Å². The first-order valence-corrected chi connectivity index (χ1v) is 7.92. The van der Waals surface area contributed by atoms with Crippen LogP contribution < -0.4 is 5.73 Å². The number of hydrogen-bond acceptors (Lipinski definition) is 4. The van der Waals surface area contributed by atoms with Gasteiger partial charge in [0, 0.05) is 30.1 Å². The molecule has 4 heteroatoms. The van der Waals surface area contributed by atoms with E-state index in [0.29, 0.717) is 0 Å². The number of thiazole rings is 1. The molecule has 2 N–H and O–H groups in total. The lowest BCUT2D eigenvalue weighted by Crippen LogP contribution is -2.51. The first-order chi connectivity index (χ1) is 8.77. The van der Waals surface area contributed by atoms with Crippen molar-refractivity contribution in [3.8, 4) is 0 Å². The van der Waals surface area contributed by atoms with Gasteiger partial charge in [-0.05, 0) is 19.8 Å². The minimum absolute atomic E-state index is 0.0935. The Balaban J connectivity index is 2.06. The van der Waals surface area contributed by atoms with Crippen molar-refractivity contribution in [3.63, 3.8) is 0 Å². The van der Waals surface area contributed by atoms with Gasteiger partial charge >= 0.3 is 0 Å². The topological polar surface area (TPSA) is 48.1 Å². The zero-order chi connectivity index (χ0) is 12.8. The number of nitrogens with two attached hydrogens (primary N) is 1. The molecule has 1 saturated carbocycles. The summed E-state index contributed by atoms with van der Waals surface area (Å²) in [4.78, 5) is 5.40. The van der Waals surface area contributed by atoms with Gasteiger partial charge in [0.2, 0.25) is 0 Å². The van der Waals surface area contributed by atoms with Crippen molar-refractivity contribution in [1.29, 1.82) is 0 Å². The molecule has 1 aliphatic carbocycles. The first kappa shape index (κ1) is 14.0. The maximum Gasteiger partial charge on any atom is 0.0836 e. The van der Waals surface area contributed by atoms with Crippen LogP contribution in [0.3, 0.4) is 0 Å². The fourth-order valence-corrected chi connectivity index (χ4v) is 3.64. The van der Waals surface area contributed by atoms with Crippen LogP contribution in [0, 0.1) is 0 Å². The summed E-state index contributed by atoms with van der Waals surface area (Å²) in [6.07, 6.45) is 10.2. The third-order valence-corrected chi connectivity index (χ3v) is 4.76. The van der Waals surface area contributed by atoms with Gasteiger partial charge in [0.1, 0.15) is 0 Å². The molecule has 1 fully saturated rings. The van der Waals surface area contributed by atoms with Crippen LogP contribution in [0.25, 0.3) is 0 Å². The Kier molecular flexibility index (Phi) is 5.15. The molecule has 0 spiro atoms. The lowest BCUT2D eigenvalue weighted by Gasteiger charge is -2.38. The highest BCUT2D eigenvalue weighted by Crippen LogP contribution is 2.34. The maximum absolute atomic E-state index is 6.48. The van der Waals surface area contributed by atoms with Crippen molar-refractivity contribution >= 4 is 11.3 Å². The van der Waals surface area contributed by atoms with Crippen LogP contribution >= 0.6 is 11.3 Å². The molecule has 0 amide bonds. The van der Waals surface area contributed by atoms with Gasteiger partial charge in [0.25, 0.3) is 0 Å². The fraction of sp³-hybridized carbons (Fsp3) is 0.786. The van der Waals surface area contributed by atoms with Gasteiger partial charge in [0.05, 0.1) is 11.1 Å². The Morgan fingerprint density at radius 2 is 2.11 bits per heavy atom. The standard InChI is InChI=1S/C14H24N2OS/c1-2-17-14(7-5-3-4-6-8-14)13(15)9-12-10-16-11-18-12/h10-11,13H,2-9,15H2,1H3. The summed E-state index contributed by atoms with van der Waals surface area (Å²) >= 11 is 1.69. The molecule has 0 saturated heterocycles. The molecule has 0 aromatic carbocycles. The second-order valence-electron chi connectivity index (χ2n) is 5.19.